The van der Waals surface area contributed by atoms with E-state index in [4.69, 9.17) is 4.74 Å². The van der Waals surface area contributed by atoms with E-state index in [1.807, 2.05) is 26.8 Å². The summed E-state index contributed by atoms with van der Waals surface area (Å²) in [6, 6.07) is 1.74. The van der Waals surface area contributed by atoms with Crippen LogP contribution in [0.25, 0.3) is 0 Å². The molecular weight excluding hydrogens is 300 g/mol. The number of methoxy groups -OCH3 is 1. The van der Waals surface area contributed by atoms with Crippen molar-refractivity contribution in [3.8, 4) is 5.88 Å². The first-order valence-corrected chi connectivity index (χ1v) is 7.81. The summed E-state index contributed by atoms with van der Waals surface area (Å²) >= 11 is 1.53. The summed E-state index contributed by atoms with van der Waals surface area (Å²) in [5.74, 6) is 0.552. The first-order valence-electron chi connectivity index (χ1n) is 6.93. The van der Waals surface area contributed by atoms with E-state index >= 15 is 0 Å². The SMILES string of the molecule is COc1nc(C)cc(C)c1CNC(=O)NCc1scnc1C. The second-order valence-corrected chi connectivity index (χ2v) is 5.90. The van der Waals surface area contributed by atoms with Crippen molar-refractivity contribution in [1.29, 1.82) is 0 Å². The van der Waals surface area contributed by atoms with E-state index in [0.717, 1.165) is 27.4 Å². The van der Waals surface area contributed by atoms with E-state index in [2.05, 4.69) is 20.6 Å². The smallest absolute Gasteiger partial charge is 0.315 e. The molecule has 2 rings (SSSR count). The molecule has 2 amide bonds. The third-order valence-electron chi connectivity index (χ3n) is 3.31. The summed E-state index contributed by atoms with van der Waals surface area (Å²) in [7, 11) is 1.58. The van der Waals surface area contributed by atoms with Crippen molar-refractivity contribution in [3.63, 3.8) is 0 Å². The number of carbonyl (C=O) groups excluding carboxylic acids is 1. The van der Waals surface area contributed by atoms with Crippen molar-refractivity contribution < 1.29 is 9.53 Å². The number of amides is 2. The molecule has 0 aliphatic carbocycles. The van der Waals surface area contributed by atoms with Crippen molar-refractivity contribution in [1.82, 2.24) is 20.6 Å². The van der Waals surface area contributed by atoms with Crippen molar-refractivity contribution in [2.24, 2.45) is 0 Å². The van der Waals surface area contributed by atoms with Gasteiger partial charge >= 0.3 is 6.03 Å². The van der Waals surface area contributed by atoms with E-state index in [1.165, 1.54) is 11.3 Å². The summed E-state index contributed by atoms with van der Waals surface area (Å²) in [5, 5.41) is 5.65. The molecule has 118 valence electrons. The van der Waals surface area contributed by atoms with Gasteiger partial charge in [0.1, 0.15) is 0 Å². The lowest BCUT2D eigenvalue weighted by Gasteiger charge is -2.13. The van der Waals surface area contributed by atoms with E-state index in [-0.39, 0.29) is 6.03 Å². The summed E-state index contributed by atoms with van der Waals surface area (Å²) in [5.41, 5.74) is 5.55. The number of aryl methyl sites for hydroxylation is 3. The fourth-order valence-electron chi connectivity index (χ4n) is 2.10. The van der Waals surface area contributed by atoms with Gasteiger partial charge in [-0.2, -0.15) is 0 Å². The molecule has 6 nitrogen and oxygen atoms in total. The predicted molar refractivity (Wildman–Crippen MR) is 86.2 cm³/mol. The zero-order chi connectivity index (χ0) is 16.1. The fraction of sp³-hybridized carbons (Fsp3) is 0.400. The van der Waals surface area contributed by atoms with Gasteiger partial charge in [-0.25, -0.2) is 14.8 Å². The highest BCUT2D eigenvalue weighted by Crippen LogP contribution is 2.20. The maximum absolute atomic E-state index is 11.9. The van der Waals surface area contributed by atoms with Gasteiger partial charge in [0, 0.05) is 16.1 Å². The molecule has 0 spiro atoms. The van der Waals surface area contributed by atoms with Crippen LogP contribution < -0.4 is 15.4 Å². The van der Waals surface area contributed by atoms with Crippen LogP contribution in [-0.2, 0) is 13.1 Å². The lowest BCUT2D eigenvalue weighted by atomic mass is 10.1. The zero-order valence-corrected chi connectivity index (χ0v) is 14.0. The monoisotopic (exact) mass is 320 g/mol. The maximum atomic E-state index is 11.9. The van der Waals surface area contributed by atoms with Gasteiger partial charge in [-0.15, -0.1) is 11.3 Å². The zero-order valence-electron chi connectivity index (χ0n) is 13.2. The van der Waals surface area contributed by atoms with Gasteiger partial charge < -0.3 is 15.4 Å². The van der Waals surface area contributed by atoms with Gasteiger partial charge in [-0.05, 0) is 32.4 Å². The summed E-state index contributed by atoms with van der Waals surface area (Å²) in [6.07, 6.45) is 0. The van der Waals surface area contributed by atoms with Crippen LogP contribution >= 0.6 is 11.3 Å². The van der Waals surface area contributed by atoms with Crippen LogP contribution in [-0.4, -0.2) is 23.1 Å². The molecule has 0 aliphatic rings. The Kier molecular flexibility index (Phi) is 5.32. The summed E-state index contributed by atoms with van der Waals surface area (Å²) in [4.78, 5) is 21.4. The minimum Gasteiger partial charge on any atom is -0.481 e. The Morgan fingerprint density at radius 3 is 2.64 bits per heavy atom. The number of thiazole rings is 1. The van der Waals surface area contributed by atoms with Crippen LogP contribution in [0.5, 0.6) is 5.88 Å². The Hall–Kier alpha value is -2.15. The van der Waals surface area contributed by atoms with Crippen LogP contribution in [0.15, 0.2) is 11.6 Å². The molecule has 0 bridgehead atoms. The highest BCUT2D eigenvalue weighted by atomic mass is 32.1. The second-order valence-electron chi connectivity index (χ2n) is 4.97. The van der Waals surface area contributed by atoms with Crippen LogP contribution in [0.1, 0.15) is 27.4 Å². The number of aromatic nitrogens is 2. The van der Waals surface area contributed by atoms with Gasteiger partial charge in [0.2, 0.25) is 5.88 Å². The van der Waals surface area contributed by atoms with Gasteiger partial charge in [-0.1, -0.05) is 0 Å². The minimum absolute atomic E-state index is 0.227. The summed E-state index contributed by atoms with van der Waals surface area (Å²) in [6.45, 7) is 6.67. The molecule has 2 N–H and O–H groups in total. The molecule has 0 aliphatic heterocycles. The quantitative estimate of drug-likeness (QED) is 0.887. The van der Waals surface area contributed by atoms with Gasteiger partial charge in [-0.3, -0.25) is 0 Å². The molecule has 2 heterocycles. The minimum atomic E-state index is -0.227. The van der Waals surface area contributed by atoms with Crippen LogP contribution in [0, 0.1) is 20.8 Å². The van der Waals surface area contributed by atoms with E-state index in [9.17, 15) is 4.79 Å². The Morgan fingerprint density at radius 2 is 2.00 bits per heavy atom. The normalized spacial score (nSPS) is 10.4. The molecule has 0 fully saturated rings. The number of nitrogens with zero attached hydrogens (tertiary/aromatic N) is 2. The van der Waals surface area contributed by atoms with Crippen LogP contribution in [0.2, 0.25) is 0 Å². The number of rotatable bonds is 5. The summed E-state index contributed by atoms with van der Waals surface area (Å²) < 4.78 is 5.28. The standard InChI is InChI=1S/C15H20N4O2S/c1-9-5-10(2)19-14(21-4)12(9)6-16-15(20)17-7-13-11(3)18-8-22-13/h5,8H,6-7H2,1-4H3,(H2,16,17,20). The maximum Gasteiger partial charge on any atom is 0.315 e. The number of hydrogen-bond donors (Lipinski definition) is 2. The fourth-order valence-corrected chi connectivity index (χ4v) is 2.82. The highest BCUT2D eigenvalue weighted by Gasteiger charge is 2.11. The lowest BCUT2D eigenvalue weighted by Crippen LogP contribution is -2.34. The second kappa shape index (κ2) is 7.22. The Balaban J connectivity index is 1.92. The first-order chi connectivity index (χ1) is 10.5. The van der Waals surface area contributed by atoms with Crippen molar-refractivity contribution in [2.45, 2.75) is 33.9 Å². The highest BCUT2D eigenvalue weighted by molar-refractivity contribution is 7.09. The Morgan fingerprint density at radius 1 is 1.27 bits per heavy atom. The molecule has 0 saturated carbocycles. The Labute approximate surface area is 133 Å². The van der Waals surface area contributed by atoms with Gasteiger partial charge in [0.05, 0.1) is 31.4 Å². The molecule has 2 aromatic heterocycles. The molecule has 0 aromatic carbocycles. The average molecular weight is 320 g/mol. The molecule has 7 heteroatoms. The molecule has 0 atom stereocenters. The number of hydrogen-bond acceptors (Lipinski definition) is 5. The van der Waals surface area contributed by atoms with Crippen molar-refractivity contribution in [3.05, 3.63) is 39.0 Å². The van der Waals surface area contributed by atoms with Crippen LogP contribution in [0.3, 0.4) is 0 Å². The lowest BCUT2D eigenvalue weighted by molar-refractivity contribution is 0.240. The first kappa shape index (κ1) is 16.2. The Bertz CT molecular complexity index is 670. The van der Waals surface area contributed by atoms with Gasteiger partial charge in [0.25, 0.3) is 0 Å². The largest absolute Gasteiger partial charge is 0.481 e. The molecule has 22 heavy (non-hydrogen) atoms. The number of pyridine rings is 1. The molecular formula is C15H20N4O2S. The molecule has 2 aromatic rings. The molecule has 0 saturated heterocycles. The van der Waals surface area contributed by atoms with Crippen molar-refractivity contribution in [2.75, 3.05) is 7.11 Å². The predicted octanol–water partition coefficient (Wildman–Crippen LogP) is 2.47. The third kappa shape index (κ3) is 3.94. The molecule has 0 unspecified atom stereocenters. The average Bonchev–Trinajstić information content (AvgIpc) is 2.88. The van der Waals surface area contributed by atoms with Crippen molar-refractivity contribution >= 4 is 17.4 Å². The number of carbonyl (C=O) groups is 1. The van der Waals surface area contributed by atoms with E-state index in [1.54, 1.807) is 12.6 Å². The van der Waals surface area contributed by atoms with E-state index < -0.39 is 0 Å². The number of ether oxygens (including phenoxy) is 1. The van der Waals surface area contributed by atoms with Crippen LogP contribution in [0.4, 0.5) is 4.79 Å². The topological polar surface area (TPSA) is 76.1 Å². The number of urea groups is 1. The number of nitrogens with one attached hydrogen (secondary N) is 2. The van der Waals surface area contributed by atoms with E-state index in [0.29, 0.717) is 19.0 Å². The molecule has 0 radical (unpaired) electrons. The van der Waals surface area contributed by atoms with Gasteiger partial charge in [0.15, 0.2) is 0 Å². The third-order valence-corrected chi connectivity index (χ3v) is 4.25.